The number of benzene rings is 3. The van der Waals surface area contributed by atoms with Gasteiger partial charge in [-0.1, -0.05) is 55.8 Å². The molecule has 0 aliphatic rings. The Kier molecular flexibility index (Phi) is 9.33. The fourth-order valence-electron chi connectivity index (χ4n) is 4.09. The van der Waals surface area contributed by atoms with Gasteiger partial charge in [-0.25, -0.2) is 4.79 Å². The van der Waals surface area contributed by atoms with Crippen molar-refractivity contribution in [2.75, 3.05) is 12.4 Å². The van der Waals surface area contributed by atoms with Crippen LogP contribution in [-0.2, 0) is 25.6 Å². The van der Waals surface area contributed by atoms with Crippen LogP contribution in [0.3, 0.4) is 0 Å². The summed E-state index contributed by atoms with van der Waals surface area (Å²) < 4.78 is 40.2. The van der Waals surface area contributed by atoms with Gasteiger partial charge in [0.1, 0.15) is 0 Å². The normalized spacial score (nSPS) is 11.2. The van der Waals surface area contributed by atoms with E-state index in [1.54, 1.807) is 13.1 Å². The summed E-state index contributed by atoms with van der Waals surface area (Å²) >= 11 is 0. The Labute approximate surface area is 215 Å². The molecule has 37 heavy (non-hydrogen) atoms. The maximum atomic E-state index is 13.4. The molecule has 196 valence electrons. The van der Waals surface area contributed by atoms with Crippen LogP contribution in [0, 0.1) is 6.92 Å². The minimum Gasteiger partial charge on any atom is -0.355 e. The lowest BCUT2D eigenvalue weighted by molar-refractivity contribution is -0.138. The maximum Gasteiger partial charge on any atom is 0.416 e. The number of carbonyl (C=O) groups is 2. The monoisotopic (exact) mass is 511 g/mol. The summed E-state index contributed by atoms with van der Waals surface area (Å²) in [5, 5.41) is 7.95. The van der Waals surface area contributed by atoms with E-state index in [0.29, 0.717) is 24.0 Å². The zero-order chi connectivity index (χ0) is 27.0. The van der Waals surface area contributed by atoms with E-state index in [1.165, 1.54) is 13.0 Å². The molecule has 0 heterocycles. The predicted molar refractivity (Wildman–Crippen MR) is 140 cm³/mol. The standard InChI is InChI=1S/C29H32F3N3O2/c1-4-5-8-23-14-19(2)25(29(30,31)32)17-26(23)35-28(37)34-18-21-12-10-20(11-13-21)15-22-7-6-9-24(16-22)27(36)33-3/h6-7,9-14,16-17H,4-5,8,15,18H2,1-3H3,(H,33,36)(H2,34,35,37). The SMILES string of the molecule is CCCCc1cc(C)c(C(F)(F)F)cc1NC(=O)NCc1ccc(Cc2cccc(C(=O)NC)c2)cc1. The van der Waals surface area contributed by atoms with Crippen LogP contribution < -0.4 is 16.0 Å². The first-order valence-electron chi connectivity index (χ1n) is 12.2. The Hall–Kier alpha value is -3.81. The lowest BCUT2D eigenvalue weighted by atomic mass is 9.99. The highest BCUT2D eigenvalue weighted by Crippen LogP contribution is 2.35. The topological polar surface area (TPSA) is 70.2 Å². The largest absolute Gasteiger partial charge is 0.416 e. The number of amides is 3. The average molecular weight is 512 g/mol. The van der Waals surface area contributed by atoms with Crippen molar-refractivity contribution in [3.63, 3.8) is 0 Å². The molecule has 0 aliphatic heterocycles. The number of unbranched alkanes of at least 4 members (excludes halogenated alkanes) is 1. The molecule has 0 saturated carbocycles. The quantitative estimate of drug-likeness (QED) is 0.302. The number of hydrogen-bond donors (Lipinski definition) is 3. The molecule has 0 aliphatic carbocycles. The molecular formula is C29H32F3N3O2. The fourth-order valence-corrected chi connectivity index (χ4v) is 4.09. The number of halogens is 3. The van der Waals surface area contributed by atoms with Crippen LogP contribution in [0.5, 0.6) is 0 Å². The molecule has 0 atom stereocenters. The van der Waals surface area contributed by atoms with E-state index in [-0.39, 0.29) is 23.7 Å². The summed E-state index contributed by atoms with van der Waals surface area (Å²) in [6.45, 7) is 3.66. The highest BCUT2D eigenvalue weighted by Gasteiger charge is 2.33. The van der Waals surface area contributed by atoms with Gasteiger partial charge in [-0.3, -0.25) is 4.79 Å². The summed E-state index contributed by atoms with van der Waals surface area (Å²) in [7, 11) is 1.59. The molecule has 0 radical (unpaired) electrons. The van der Waals surface area contributed by atoms with Gasteiger partial charge in [-0.05, 0) is 72.2 Å². The predicted octanol–water partition coefficient (Wildman–Crippen LogP) is 6.63. The maximum absolute atomic E-state index is 13.4. The summed E-state index contributed by atoms with van der Waals surface area (Å²) in [5.41, 5.74) is 3.75. The van der Waals surface area contributed by atoms with Crippen molar-refractivity contribution in [2.45, 2.75) is 52.3 Å². The lowest BCUT2D eigenvalue weighted by Gasteiger charge is -2.17. The van der Waals surface area contributed by atoms with Gasteiger partial charge in [0, 0.05) is 24.8 Å². The molecule has 0 fully saturated rings. The Morgan fingerprint density at radius 3 is 2.27 bits per heavy atom. The molecule has 3 amide bonds. The van der Waals surface area contributed by atoms with Crippen molar-refractivity contribution in [1.82, 2.24) is 10.6 Å². The second-order valence-corrected chi connectivity index (χ2v) is 9.01. The van der Waals surface area contributed by atoms with Gasteiger partial charge in [0.05, 0.1) is 5.56 Å². The van der Waals surface area contributed by atoms with Gasteiger partial charge >= 0.3 is 12.2 Å². The molecule has 0 unspecified atom stereocenters. The fraction of sp³-hybridized carbons (Fsp3) is 0.310. The number of hydrogen-bond acceptors (Lipinski definition) is 2. The molecule has 0 spiro atoms. The van der Waals surface area contributed by atoms with E-state index in [9.17, 15) is 22.8 Å². The smallest absolute Gasteiger partial charge is 0.355 e. The van der Waals surface area contributed by atoms with Crippen molar-refractivity contribution < 1.29 is 22.8 Å². The van der Waals surface area contributed by atoms with Crippen molar-refractivity contribution in [3.05, 3.63) is 99.6 Å². The highest BCUT2D eigenvalue weighted by atomic mass is 19.4. The molecule has 3 N–H and O–H groups in total. The number of nitrogens with one attached hydrogen (secondary N) is 3. The van der Waals surface area contributed by atoms with E-state index >= 15 is 0 Å². The number of urea groups is 1. The molecular weight excluding hydrogens is 479 g/mol. The van der Waals surface area contributed by atoms with E-state index in [1.807, 2.05) is 49.4 Å². The van der Waals surface area contributed by atoms with Gasteiger partial charge in [-0.2, -0.15) is 13.2 Å². The number of aryl methyl sites for hydroxylation is 2. The van der Waals surface area contributed by atoms with Crippen LogP contribution in [0.25, 0.3) is 0 Å². The first-order valence-corrected chi connectivity index (χ1v) is 12.2. The zero-order valence-electron chi connectivity index (χ0n) is 21.3. The third kappa shape index (κ3) is 7.84. The Morgan fingerprint density at radius 2 is 1.62 bits per heavy atom. The number of rotatable bonds is 9. The summed E-state index contributed by atoms with van der Waals surface area (Å²) in [6.07, 6.45) is -1.57. The summed E-state index contributed by atoms with van der Waals surface area (Å²) in [6, 6.07) is 17.0. The zero-order valence-corrected chi connectivity index (χ0v) is 21.3. The van der Waals surface area contributed by atoms with Crippen LogP contribution in [0.1, 0.15) is 63.5 Å². The van der Waals surface area contributed by atoms with E-state index in [2.05, 4.69) is 16.0 Å². The summed E-state index contributed by atoms with van der Waals surface area (Å²) in [4.78, 5) is 24.4. The number of anilines is 1. The minimum absolute atomic E-state index is 0.140. The van der Waals surface area contributed by atoms with Crippen molar-refractivity contribution in [2.24, 2.45) is 0 Å². The van der Waals surface area contributed by atoms with E-state index in [0.717, 1.165) is 35.6 Å². The Morgan fingerprint density at radius 1 is 0.919 bits per heavy atom. The molecule has 0 bridgehead atoms. The van der Waals surface area contributed by atoms with E-state index < -0.39 is 17.8 Å². The third-order valence-corrected chi connectivity index (χ3v) is 6.10. The molecule has 3 aromatic rings. The van der Waals surface area contributed by atoms with E-state index in [4.69, 9.17) is 0 Å². The second-order valence-electron chi connectivity index (χ2n) is 9.01. The number of carbonyl (C=O) groups excluding carboxylic acids is 2. The first kappa shape index (κ1) is 27.8. The lowest BCUT2D eigenvalue weighted by Crippen LogP contribution is -2.29. The van der Waals surface area contributed by atoms with Gasteiger partial charge in [0.25, 0.3) is 5.91 Å². The van der Waals surface area contributed by atoms with Crippen LogP contribution in [0.4, 0.5) is 23.7 Å². The Balaban J connectivity index is 1.63. The van der Waals surface area contributed by atoms with Gasteiger partial charge < -0.3 is 16.0 Å². The molecule has 8 heteroatoms. The molecule has 5 nitrogen and oxygen atoms in total. The molecule has 3 aromatic carbocycles. The van der Waals surface area contributed by atoms with Crippen molar-refractivity contribution in [3.8, 4) is 0 Å². The van der Waals surface area contributed by atoms with Crippen molar-refractivity contribution in [1.29, 1.82) is 0 Å². The van der Waals surface area contributed by atoms with Gasteiger partial charge in [-0.15, -0.1) is 0 Å². The first-order chi connectivity index (χ1) is 17.6. The van der Waals surface area contributed by atoms with Crippen LogP contribution in [0.2, 0.25) is 0 Å². The summed E-state index contributed by atoms with van der Waals surface area (Å²) in [5.74, 6) is -0.140. The minimum atomic E-state index is -4.49. The van der Waals surface area contributed by atoms with Gasteiger partial charge in [0.15, 0.2) is 0 Å². The molecule has 3 rings (SSSR count). The van der Waals surface area contributed by atoms with Crippen LogP contribution in [-0.4, -0.2) is 19.0 Å². The van der Waals surface area contributed by atoms with Crippen LogP contribution in [0.15, 0.2) is 60.7 Å². The molecule has 0 saturated heterocycles. The highest BCUT2D eigenvalue weighted by molar-refractivity contribution is 5.94. The van der Waals surface area contributed by atoms with Crippen LogP contribution >= 0.6 is 0 Å². The van der Waals surface area contributed by atoms with Crippen molar-refractivity contribution >= 4 is 17.6 Å². The average Bonchev–Trinajstić information content (AvgIpc) is 2.87. The van der Waals surface area contributed by atoms with Gasteiger partial charge in [0.2, 0.25) is 0 Å². The Bertz CT molecular complexity index is 1240. The third-order valence-electron chi connectivity index (χ3n) is 6.10. The number of alkyl halides is 3. The molecule has 0 aromatic heterocycles. The second kappa shape index (κ2) is 12.4.